The first kappa shape index (κ1) is 23.7. The fraction of sp³-hybridized carbons (Fsp3) is 0.464. The Morgan fingerprint density at radius 1 is 1.03 bits per heavy atom. The van der Waals surface area contributed by atoms with Crippen LogP contribution in [0.1, 0.15) is 65.0 Å². The van der Waals surface area contributed by atoms with Gasteiger partial charge in [-0.05, 0) is 46.3 Å². The highest BCUT2D eigenvalue weighted by Crippen LogP contribution is 2.52. The highest BCUT2D eigenvalue weighted by molar-refractivity contribution is 5.99. The van der Waals surface area contributed by atoms with Gasteiger partial charge in [-0.3, -0.25) is 4.79 Å². The molecule has 2 aromatic rings. The molecule has 1 fully saturated rings. The lowest BCUT2D eigenvalue weighted by Crippen LogP contribution is -2.44. The van der Waals surface area contributed by atoms with Crippen molar-refractivity contribution in [1.82, 2.24) is 0 Å². The van der Waals surface area contributed by atoms with Crippen molar-refractivity contribution in [2.75, 3.05) is 0 Å². The Morgan fingerprint density at radius 2 is 1.61 bits per heavy atom. The van der Waals surface area contributed by atoms with E-state index in [0.717, 1.165) is 6.42 Å². The molecule has 2 nitrogen and oxygen atoms in total. The minimum absolute atomic E-state index is 0.177. The van der Waals surface area contributed by atoms with Gasteiger partial charge in [-0.25, -0.2) is 0 Å². The van der Waals surface area contributed by atoms with Gasteiger partial charge in [0.05, 0.1) is 0 Å². The summed E-state index contributed by atoms with van der Waals surface area (Å²) in [6.07, 6.45) is 4.74. The van der Waals surface area contributed by atoms with Crippen LogP contribution in [0, 0.1) is 23.2 Å². The minimum atomic E-state index is -0.580. The van der Waals surface area contributed by atoms with Crippen LogP contribution in [-0.2, 0) is 14.8 Å². The molecule has 1 saturated carbocycles. The van der Waals surface area contributed by atoms with Gasteiger partial charge in [0.15, 0.2) is 0 Å². The zero-order chi connectivity index (χ0) is 22.6. The van der Waals surface area contributed by atoms with Crippen molar-refractivity contribution in [2.45, 2.75) is 59.5 Å². The van der Waals surface area contributed by atoms with Crippen LogP contribution in [0.25, 0.3) is 5.57 Å². The van der Waals surface area contributed by atoms with Gasteiger partial charge in [-0.1, -0.05) is 101 Å². The van der Waals surface area contributed by atoms with E-state index in [4.69, 9.17) is 4.43 Å². The van der Waals surface area contributed by atoms with Gasteiger partial charge >= 0.3 is 0 Å². The lowest BCUT2D eigenvalue weighted by Gasteiger charge is -2.47. The Bertz CT molecular complexity index is 896. The van der Waals surface area contributed by atoms with Crippen LogP contribution in [-0.4, -0.2) is 16.3 Å². The molecule has 0 amide bonds. The SMILES string of the molecule is CC(C)C1CCC(=O)CC1C=C(c1ccccc1)C(O[SiH3])(c1ccccc1)C(C)(C)C. The van der Waals surface area contributed by atoms with Crippen LogP contribution in [0.4, 0.5) is 0 Å². The molecule has 3 atom stereocenters. The molecule has 0 aliphatic heterocycles. The van der Waals surface area contributed by atoms with Crippen LogP contribution in [0.5, 0.6) is 0 Å². The van der Waals surface area contributed by atoms with Crippen molar-refractivity contribution >= 4 is 21.8 Å². The number of hydrogen-bond donors (Lipinski definition) is 0. The Kier molecular flexibility index (Phi) is 7.38. The first-order chi connectivity index (χ1) is 14.7. The van der Waals surface area contributed by atoms with Crippen LogP contribution >= 0.6 is 0 Å². The topological polar surface area (TPSA) is 26.3 Å². The van der Waals surface area contributed by atoms with Crippen molar-refractivity contribution in [2.24, 2.45) is 23.2 Å². The number of ketones is 1. The zero-order valence-electron chi connectivity index (χ0n) is 20.0. The standard InChI is InChI=1S/C28H38O2Si/c1-20(2)25-17-16-24(29)18-22(25)19-26(21-12-8-6-9-13-21)28(30-31,27(3,4)5)23-14-10-7-11-15-23/h6-15,19-20,22,25H,16-18H2,1-5,31H3. The summed E-state index contributed by atoms with van der Waals surface area (Å²) in [5, 5.41) is 0. The highest BCUT2D eigenvalue weighted by Gasteiger charge is 2.47. The number of benzene rings is 2. The van der Waals surface area contributed by atoms with E-state index in [2.05, 4.69) is 101 Å². The van der Waals surface area contributed by atoms with Crippen molar-refractivity contribution < 1.29 is 9.22 Å². The number of carbonyl (C=O) groups is 1. The summed E-state index contributed by atoms with van der Waals surface area (Å²) in [6.45, 7) is 11.4. The van der Waals surface area contributed by atoms with Crippen LogP contribution in [0.2, 0.25) is 0 Å². The average Bonchev–Trinajstić information content (AvgIpc) is 2.74. The highest BCUT2D eigenvalue weighted by atomic mass is 28.2. The molecule has 1 aliphatic carbocycles. The lowest BCUT2D eigenvalue weighted by molar-refractivity contribution is -0.122. The smallest absolute Gasteiger partial charge is 0.147 e. The van der Waals surface area contributed by atoms with Crippen LogP contribution < -0.4 is 0 Å². The van der Waals surface area contributed by atoms with E-state index in [9.17, 15) is 4.79 Å². The van der Waals surface area contributed by atoms with E-state index in [1.807, 2.05) is 0 Å². The normalized spacial score (nSPS) is 22.5. The summed E-state index contributed by atoms with van der Waals surface area (Å²) in [6, 6.07) is 21.3. The Labute approximate surface area is 191 Å². The van der Waals surface area contributed by atoms with Gasteiger partial charge in [0.2, 0.25) is 0 Å². The molecule has 0 N–H and O–H groups in total. The van der Waals surface area contributed by atoms with E-state index in [1.165, 1.54) is 16.7 Å². The Balaban J connectivity index is 2.29. The van der Waals surface area contributed by atoms with E-state index in [-0.39, 0.29) is 11.3 Å². The molecule has 3 heteroatoms. The Morgan fingerprint density at radius 3 is 2.13 bits per heavy atom. The average molecular weight is 435 g/mol. The third-order valence-electron chi connectivity index (χ3n) is 7.01. The number of carbonyl (C=O) groups excluding carboxylic acids is 1. The maximum absolute atomic E-state index is 12.5. The van der Waals surface area contributed by atoms with E-state index >= 15 is 0 Å². The first-order valence-electron chi connectivity index (χ1n) is 11.6. The van der Waals surface area contributed by atoms with Gasteiger partial charge in [0, 0.05) is 12.8 Å². The molecule has 1 aliphatic rings. The fourth-order valence-electron chi connectivity index (χ4n) is 5.52. The third kappa shape index (κ3) is 4.78. The van der Waals surface area contributed by atoms with Gasteiger partial charge < -0.3 is 4.43 Å². The summed E-state index contributed by atoms with van der Waals surface area (Å²) in [4.78, 5) is 12.5. The predicted octanol–water partition coefficient (Wildman–Crippen LogP) is 5.95. The van der Waals surface area contributed by atoms with Crippen LogP contribution in [0.15, 0.2) is 66.7 Å². The van der Waals surface area contributed by atoms with Gasteiger partial charge in [0.25, 0.3) is 0 Å². The molecular formula is C28H38O2Si. The van der Waals surface area contributed by atoms with E-state index in [1.54, 1.807) is 0 Å². The Hall–Kier alpha value is -1.97. The van der Waals surface area contributed by atoms with Crippen molar-refractivity contribution in [3.8, 4) is 0 Å². The molecule has 3 unspecified atom stereocenters. The molecule has 2 aromatic carbocycles. The summed E-state index contributed by atoms with van der Waals surface area (Å²) >= 11 is 0. The van der Waals surface area contributed by atoms with Crippen molar-refractivity contribution in [1.29, 1.82) is 0 Å². The predicted molar refractivity (Wildman–Crippen MR) is 134 cm³/mol. The molecule has 0 spiro atoms. The molecule has 31 heavy (non-hydrogen) atoms. The first-order valence-corrected chi connectivity index (χ1v) is 12.4. The third-order valence-corrected chi connectivity index (χ3v) is 7.63. The second kappa shape index (κ2) is 9.66. The summed E-state index contributed by atoms with van der Waals surface area (Å²) in [5.41, 5.74) is 2.80. The summed E-state index contributed by atoms with van der Waals surface area (Å²) in [5.74, 6) is 1.68. The second-order valence-corrected chi connectivity index (χ2v) is 10.7. The molecule has 0 saturated heterocycles. The van der Waals surface area contributed by atoms with Gasteiger partial charge in [-0.15, -0.1) is 0 Å². The van der Waals surface area contributed by atoms with Crippen LogP contribution in [0.3, 0.4) is 0 Å². The fourth-order valence-corrected chi connectivity index (χ4v) is 6.58. The second-order valence-electron chi connectivity index (χ2n) is 10.3. The van der Waals surface area contributed by atoms with E-state index < -0.39 is 5.60 Å². The molecule has 0 aromatic heterocycles. The number of rotatable bonds is 6. The lowest BCUT2D eigenvalue weighted by atomic mass is 9.64. The minimum Gasteiger partial charge on any atom is -0.414 e. The molecule has 0 heterocycles. The largest absolute Gasteiger partial charge is 0.414 e. The molecule has 166 valence electrons. The summed E-state index contributed by atoms with van der Waals surface area (Å²) < 4.78 is 6.65. The van der Waals surface area contributed by atoms with Gasteiger partial charge in [0.1, 0.15) is 21.9 Å². The number of allylic oxidation sites excluding steroid dienone is 1. The number of hydrogen-bond acceptors (Lipinski definition) is 2. The quantitative estimate of drug-likeness (QED) is 0.525. The molecule has 0 bridgehead atoms. The molecule has 0 radical (unpaired) electrons. The van der Waals surface area contributed by atoms with Crippen molar-refractivity contribution in [3.05, 3.63) is 77.9 Å². The number of Topliss-reactive ketones (excluding diaryl/α,β-unsaturated/α-hetero) is 1. The zero-order valence-corrected chi connectivity index (χ0v) is 22.0. The van der Waals surface area contributed by atoms with Gasteiger partial charge in [-0.2, -0.15) is 0 Å². The molecule has 3 rings (SSSR count). The molecular weight excluding hydrogens is 396 g/mol. The van der Waals surface area contributed by atoms with Crippen molar-refractivity contribution in [3.63, 3.8) is 0 Å². The maximum Gasteiger partial charge on any atom is 0.147 e. The summed E-state index contributed by atoms with van der Waals surface area (Å²) in [7, 11) is 0.609. The maximum atomic E-state index is 12.5. The van der Waals surface area contributed by atoms with E-state index in [0.29, 0.717) is 40.9 Å². The monoisotopic (exact) mass is 434 g/mol.